The second-order valence-electron chi connectivity index (χ2n) is 10.7. The fourth-order valence-corrected chi connectivity index (χ4v) is 5.87. The molecule has 39 heavy (non-hydrogen) atoms. The minimum atomic E-state index is -4.53. The Morgan fingerprint density at radius 1 is 1.03 bits per heavy atom. The number of phenols is 1. The van der Waals surface area contributed by atoms with Crippen LogP contribution in [-0.4, -0.2) is 100 Å². The summed E-state index contributed by atoms with van der Waals surface area (Å²) in [6.07, 6.45) is -0.540. The zero-order valence-corrected chi connectivity index (χ0v) is 22.2. The van der Waals surface area contributed by atoms with Crippen molar-refractivity contribution in [2.45, 2.75) is 50.9 Å². The molecule has 5 rings (SSSR count). The first kappa shape index (κ1) is 27.4. The second-order valence-corrected chi connectivity index (χ2v) is 10.7. The molecule has 1 aromatic carbocycles. The fourth-order valence-electron chi connectivity index (χ4n) is 5.87. The molecular weight excluding hydrogens is 511 g/mol. The molecule has 3 aliphatic rings. The van der Waals surface area contributed by atoms with E-state index in [1.165, 1.54) is 6.07 Å². The SMILES string of the molecule is Cc1cc(N[C@@H]2CCCN(C3CCN(C(=O)N4CCNCC4)CC3)C2)nnc1-c1ccc(C(F)(F)F)cc1O. The summed E-state index contributed by atoms with van der Waals surface area (Å²) in [7, 11) is 0. The number of carbonyl (C=O) groups excluding carboxylic acids is 1. The number of piperidine rings is 2. The first-order valence-corrected chi connectivity index (χ1v) is 13.7. The predicted molar refractivity (Wildman–Crippen MR) is 142 cm³/mol. The lowest BCUT2D eigenvalue weighted by Gasteiger charge is -2.43. The van der Waals surface area contributed by atoms with Crippen LogP contribution in [0.5, 0.6) is 5.75 Å². The highest BCUT2D eigenvalue weighted by Gasteiger charge is 2.33. The van der Waals surface area contributed by atoms with Gasteiger partial charge < -0.3 is 25.5 Å². The van der Waals surface area contributed by atoms with Crippen molar-refractivity contribution in [3.05, 3.63) is 35.4 Å². The Labute approximate surface area is 226 Å². The zero-order valence-electron chi connectivity index (χ0n) is 22.2. The van der Waals surface area contributed by atoms with E-state index in [0.717, 1.165) is 84.1 Å². The number of alkyl halides is 3. The third-order valence-electron chi connectivity index (χ3n) is 8.01. The summed E-state index contributed by atoms with van der Waals surface area (Å²) in [5, 5.41) is 25.5. The minimum absolute atomic E-state index is 0.162. The third kappa shape index (κ3) is 6.38. The molecule has 1 atom stereocenters. The van der Waals surface area contributed by atoms with Crippen LogP contribution in [-0.2, 0) is 6.18 Å². The van der Waals surface area contributed by atoms with Crippen molar-refractivity contribution in [1.29, 1.82) is 0 Å². The highest BCUT2D eigenvalue weighted by Crippen LogP contribution is 2.37. The van der Waals surface area contributed by atoms with Crippen molar-refractivity contribution >= 4 is 11.8 Å². The highest BCUT2D eigenvalue weighted by molar-refractivity contribution is 5.74. The largest absolute Gasteiger partial charge is 0.507 e. The van der Waals surface area contributed by atoms with Gasteiger partial charge in [-0.1, -0.05) is 0 Å². The van der Waals surface area contributed by atoms with Gasteiger partial charge in [-0.3, -0.25) is 4.90 Å². The third-order valence-corrected chi connectivity index (χ3v) is 8.01. The number of hydrogen-bond donors (Lipinski definition) is 3. The Balaban J connectivity index is 1.16. The molecule has 2 aromatic rings. The number of aromatic hydroxyl groups is 1. The molecule has 3 aliphatic heterocycles. The lowest BCUT2D eigenvalue weighted by molar-refractivity contribution is -0.137. The van der Waals surface area contributed by atoms with Gasteiger partial charge >= 0.3 is 12.2 Å². The Morgan fingerprint density at radius 2 is 1.74 bits per heavy atom. The lowest BCUT2D eigenvalue weighted by Crippen LogP contribution is -2.56. The number of aromatic nitrogens is 2. The van der Waals surface area contributed by atoms with Gasteiger partial charge in [-0.2, -0.15) is 13.2 Å². The first-order chi connectivity index (χ1) is 18.7. The summed E-state index contributed by atoms with van der Waals surface area (Å²) in [6, 6.07) is 5.49. The number of anilines is 1. The van der Waals surface area contributed by atoms with E-state index in [4.69, 9.17) is 0 Å². The molecule has 12 heteroatoms. The van der Waals surface area contributed by atoms with Crippen molar-refractivity contribution in [2.75, 3.05) is 57.7 Å². The number of nitrogens with one attached hydrogen (secondary N) is 2. The molecular formula is C27H36F3N7O2. The molecule has 3 fully saturated rings. The van der Waals surface area contributed by atoms with Crippen molar-refractivity contribution < 1.29 is 23.1 Å². The Hall–Kier alpha value is -3.12. The van der Waals surface area contributed by atoms with Crippen molar-refractivity contribution in [2.24, 2.45) is 0 Å². The van der Waals surface area contributed by atoms with Gasteiger partial charge in [0.2, 0.25) is 0 Å². The Morgan fingerprint density at radius 3 is 2.41 bits per heavy atom. The molecule has 0 saturated carbocycles. The van der Waals surface area contributed by atoms with Crippen LogP contribution in [0.4, 0.5) is 23.8 Å². The topological polar surface area (TPSA) is 96.9 Å². The van der Waals surface area contributed by atoms with E-state index in [0.29, 0.717) is 29.2 Å². The number of hydrogen-bond acceptors (Lipinski definition) is 7. The van der Waals surface area contributed by atoms with Gasteiger partial charge in [0.05, 0.1) is 11.3 Å². The molecule has 0 bridgehead atoms. The maximum Gasteiger partial charge on any atom is 0.416 e. The van der Waals surface area contributed by atoms with E-state index < -0.39 is 17.5 Å². The number of phenolic OH excluding ortho intramolecular Hbond substituents is 1. The summed E-state index contributed by atoms with van der Waals surface area (Å²) in [5.74, 6) is 0.123. The number of rotatable bonds is 4. The molecule has 2 amide bonds. The summed E-state index contributed by atoms with van der Waals surface area (Å²) >= 11 is 0. The Kier molecular flexibility index (Phi) is 8.13. The number of benzene rings is 1. The van der Waals surface area contributed by atoms with Gasteiger partial charge in [-0.05, 0) is 69.0 Å². The molecule has 0 unspecified atom stereocenters. The molecule has 9 nitrogen and oxygen atoms in total. The number of amides is 2. The average Bonchev–Trinajstić information content (AvgIpc) is 2.93. The van der Waals surface area contributed by atoms with Crippen LogP contribution >= 0.6 is 0 Å². The fraction of sp³-hybridized carbons (Fsp3) is 0.593. The van der Waals surface area contributed by atoms with Gasteiger partial charge in [0.1, 0.15) is 11.6 Å². The highest BCUT2D eigenvalue weighted by atomic mass is 19.4. The van der Waals surface area contributed by atoms with Gasteiger partial charge in [-0.25, -0.2) is 4.79 Å². The van der Waals surface area contributed by atoms with Crippen LogP contribution in [0.25, 0.3) is 11.3 Å². The summed E-state index contributed by atoms with van der Waals surface area (Å²) in [4.78, 5) is 19.3. The van der Waals surface area contributed by atoms with Crippen LogP contribution in [0.3, 0.4) is 0 Å². The summed E-state index contributed by atoms with van der Waals surface area (Å²) in [5.41, 5.74) is 0.354. The normalized spacial score (nSPS) is 21.7. The average molecular weight is 548 g/mol. The molecule has 212 valence electrons. The first-order valence-electron chi connectivity index (χ1n) is 13.7. The van der Waals surface area contributed by atoms with Gasteiger partial charge in [0.25, 0.3) is 0 Å². The van der Waals surface area contributed by atoms with Crippen LogP contribution in [0.1, 0.15) is 36.8 Å². The van der Waals surface area contributed by atoms with E-state index in [-0.39, 0.29) is 17.6 Å². The van der Waals surface area contributed by atoms with E-state index in [9.17, 15) is 23.1 Å². The van der Waals surface area contributed by atoms with E-state index in [2.05, 4.69) is 25.7 Å². The van der Waals surface area contributed by atoms with Gasteiger partial charge in [0.15, 0.2) is 0 Å². The maximum absolute atomic E-state index is 13.0. The molecule has 3 saturated heterocycles. The second kappa shape index (κ2) is 11.5. The molecule has 0 spiro atoms. The van der Waals surface area contributed by atoms with Gasteiger partial charge in [0, 0.05) is 63.5 Å². The Bertz CT molecular complexity index is 1160. The number of carbonyl (C=O) groups is 1. The number of urea groups is 1. The van der Waals surface area contributed by atoms with E-state index in [1.54, 1.807) is 6.92 Å². The number of likely N-dealkylation sites (tertiary alicyclic amines) is 2. The quantitative estimate of drug-likeness (QED) is 0.539. The smallest absolute Gasteiger partial charge is 0.416 e. The van der Waals surface area contributed by atoms with Crippen molar-refractivity contribution in [1.82, 2.24) is 30.2 Å². The van der Waals surface area contributed by atoms with Gasteiger partial charge in [-0.15, -0.1) is 10.2 Å². The van der Waals surface area contributed by atoms with Crippen molar-refractivity contribution in [3.63, 3.8) is 0 Å². The molecule has 1 aromatic heterocycles. The number of piperazine rings is 1. The van der Waals surface area contributed by atoms with Crippen LogP contribution < -0.4 is 10.6 Å². The van der Waals surface area contributed by atoms with E-state index >= 15 is 0 Å². The number of halogens is 3. The monoisotopic (exact) mass is 547 g/mol. The van der Waals surface area contributed by atoms with E-state index in [1.807, 2.05) is 15.9 Å². The van der Waals surface area contributed by atoms with Crippen LogP contribution in [0.2, 0.25) is 0 Å². The minimum Gasteiger partial charge on any atom is -0.507 e. The number of aryl methyl sites for hydroxylation is 1. The predicted octanol–water partition coefficient (Wildman–Crippen LogP) is 3.54. The van der Waals surface area contributed by atoms with Crippen molar-refractivity contribution in [3.8, 4) is 17.0 Å². The lowest BCUT2D eigenvalue weighted by atomic mass is 9.98. The maximum atomic E-state index is 13.0. The molecule has 3 N–H and O–H groups in total. The summed E-state index contributed by atoms with van der Waals surface area (Å²) < 4.78 is 38.9. The summed E-state index contributed by atoms with van der Waals surface area (Å²) in [6.45, 7) is 8.53. The van der Waals surface area contributed by atoms with Crippen LogP contribution in [0.15, 0.2) is 24.3 Å². The molecule has 0 aliphatic carbocycles. The zero-order chi connectivity index (χ0) is 27.6. The van der Waals surface area contributed by atoms with Crippen LogP contribution in [0, 0.1) is 6.92 Å². The number of nitrogens with zero attached hydrogens (tertiary/aromatic N) is 5. The molecule has 0 radical (unpaired) electrons. The molecule has 4 heterocycles. The standard InChI is InChI=1S/C27H36F3N7O2/c1-18-15-24(33-34-25(18)22-5-4-19(16-23(22)38)27(28,29)30)32-20-3-2-10-37(17-20)21-6-11-35(12-7-21)26(39)36-13-8-31-9-14-36/h4-5,15-16,20-21,31,38H,2-3,6-14,17H2,1H3,(H,32,33)/t20-/m1/s1.